The van der Waals surface area contributed by atoms with Crippen molar-refractivity contribution in [3.63, 3.8) is 0 Å². The minimum absolute atomic E-state index is 0.0972. The van der Waals surface area contributed by atoms with E-state index in [1.807, 2.05) is 17.2 Å². The molecule has 3 aromatic rings. The Morgan fingerprint density at radius 1 is 1.29 bits per heavy atom. The fourth-order valence-electron chi connectivity index (χ4n) is 3.78. The van der Waals surface area contributed by atoms with Gasteiger partial charge < -0.3 is 14.7 Å². The predicted molar refractivity (Wildman–Crippen MR) is 117 cm³/mol. The molecular formula is C22H26FN5O2S. The fourth-order valence-corrected chi connectivity index (χ4v) is 4.52. The van der Waals surface area contributed by atoms with E-state index in [9.17, 15) is 4.79 Å². The molecule has 3 heterocycles. The van der Waals surface area contributed by atoms with Crippen LogP contribution in [0, 0.1) is 5.82 Å². The van der Waals surface area contributed by atoms with Gasteiger partial charge in [-0.25, -0.2) is 9.37 Å². The zero-order chi connectivity index (χ0) is 21.8. The van der Waals surface area contributed by atoms with Gasteiger partial charge >= 0.3 is 0 Å². The van der Waals surface area contributed by atoms with Crippen molar-refractivity contribution in [1.82, 2.24) is 20.4 Å². The number of halogens is 1. The Morgan fingerprint density at radius 2 is 2.16 bits per heavy atom. The van der Waals surface area contributed by atoms with E-state index in [1.54, 1.807) is 23.5 Å². The molecule has 0 aliphatic carbocycles. The van der Waals surface area contributed by atoms with Crippen molar-refractivity contribution in [3.8, 4) is 11.4 Å². The highest BCUT2D eigenvalue weighted by molar-refractivity contribution is 7.09. The van der Waals surface area contributed by atoms with Crippen LogP contribution in [0.15, 0.2) is 28.1 Å². The molecule has 1 aliphatic rings. The van der Waals surface area contributed by atoms with Gasteiger partial charge in [0.25, 0.3) is 0 Å². The van der Waals surface area contributed by atoms with E-state index in [1.165, 1.54) is 6.07 Å². The molecule has 7 nitrogen and oxygen atoms in total. The minimum Gasteiger partial charge on any atom is -0.357 e. The highest BCUT2D eigenvalue weighted by Crippen LogP contribution is 2.30. The first kappa shape index (κ1) is 21.4. The average molecular weight is 444 g/mol. The van der Waals surface area contributed by atoms with E-state index in [0.717, 1.165) is 30.0 Å². The molecule has 0 saturated carbocycles. The first-order valence-corrected chi connectivity index (χ1v) is 11.6. The van der Waals surface area contributed by atoms with Gasteiger partial charge in [-0.3, -0.25) is 4.79 Å². The van der Waals surface area contributed by atoms with Crippen molar-refractivity contribution in [3.05, 3.63) is 46.0 Å². The molecule has 0 bridgehead atoms. The van der Waals surface area contributed by atoms with E-state index in [2.05, 4.69) is 27.4 Å². The number of amides is 1. The van der Waals surface area contributed by atoms with E-state index in [0.29, 0.717) is 48.9 Å². The lowest BCUT2D eigenvalue weighted by Crippen LogP contribution is -2.49. The maximum absolute atomic E-state index is 15.1. The van der Waals surface area contributed by atoms with Gasteiger partial charge in [0.15, 0.2) is 0 Å². The van der Waals surface area contributed by atoms with E-state index >= 15 is 4.39 Å². The van der Waals surface area contributed by atoms with Crippen molar-refractivity contribution in [2.75, 3.05) is 11.4 Å². The SMILES string of the molecule is CCc1nc(-c2ccc(N3CCCCC3C(=O)NCc3csc(CC)n3)c(F)c2)no1. The number of hydrogen-bond acceptors (Lipinski definition) is 7. The summed E-state index contributed by atoms with van der Waals surface area (Å²) in [5.74, 6) is 0.385. The molecule has 1 fully saturated rings. The van der Waals surface area contributed by atoms with Gasteiger partial charge in [0.05, 0.1) is 22.9 Å². The monoisotopic (exact) mass is 443 g/mol. The first-order valence-electron chi connectivity index (χ1n) is 10.7. The zero-order valence-electron chi connectivity index (χ0n) is 17.7. The first-order chi connectivity index (χ1) is 15.1. The highest BCUT2D eigenvalue weighted by Gasteiger charge is 2.30. The number of anilines is 1. The van der Waals surface area contributed by atoms with Crippen LogP contribution >= 0.6 is 11.3 Å². The summed E-state index contributed by atoms with van der Waals surface area (Å²) in [5.41, 5.74) is 1.84. The van der Waals surface area contributed by atoms with Gasteiger partial charge in [-0.2, -0.15) is 4.98 Å². The van der Waals surface area contributed by atoms with E-state index in [4.69, 9.17) is 4.52 Å². The van der Waals surface area contributed by atoms with Crippen LogP contribution in [0.25, 0.3) is 11.4 Å². The van der Waals surface area contributed by atoms with Crippen LogP contribution in [0.1, 0.15) is 49.7 Å². The topological polar surface area (TPSA) is 84.2 Å². The van der Waals surface area contributed by atoms with Gasteiger partial charge in [-0.15, -0.1) is 11.3 Å². The van der Waals surface area contributed by atoms with Gasteiger partial charge in [0, 0.05) is 23.9 Å². The second kappa shape index (κ2) is 9.55. The quantitative estimate of drug-likeness (QED) is 0.591. The number of thiazole rings is 1. The molecule has 1 unspecified atom stereocenters. The molecule has 2 aromatic heterocycles. The Kier molecular flexibility index (Phi) is 6.60. The van der Waals surface area contributed by atoms with Crippen molar-refractivity contribution in [1.29, 1.82) is 0 Å². The number of aromatic nitrogens is 3. The van der Waals surface area contributed by atoms with Crippen molar-refractivity contribution < 1.29 is 13.7 Å². The number of piperidine rings is 1. The predicted octanol–water partition coefficient (Wildman–Crippen LogP) is 4.13. The van der Waals surface area contributed by atoms with Crippen LogP contribution in [0.4, 0.5) is 10.1 Å². The van der Waals surface area contributed by atoms with E-state index < -0.39 is 11.9 Å². The fraction of sp³-hybridized carbons (Fsp3) is 0.455. The highest BCUT2D eigenvalue weighted by atomic mass is 32.1. The number of benzene rings is 1. The maximum Gasteiger partial charge on any atom is 0.243 e. The molecule has 1 saturated heterocycles. The van der Waals surface area contributed by atoms with Crippen LogP contribution in [0.3, 0.4) is 0 Å². The summed E-state index contributed by atoms with van der Waals surface area (Å²) in [7, 11) is 0. The van der Waals surface area contributed by atoms with Gasteiger partial charge in [0.1, 0.15) is 11.9 Å². The summed E-state index contributed by atoms with van der Waals surface area (Å²) >= 11 is 1.60. The Balaban J connectivity index is 1.49. The summed E-state index contributed by atoms with van der Waals surface area (Å²) in [6.07, 6.45) is 4.05. The number of rotatable bonds is 7. The third kappa shape index (κ3) is 4.76. The van der Waals surface area contributed by atoms with Crippen molar-refractivity contribution in [2.45, 2.75) is 58.5 Å². The van der Waals surface area contributed by atoms with Crippen LogP contribution in [0.5, 0.6) is 0 Å². The standard InChI is InChI=1S/C22H26FN5O2S/c1-3-19-26-21(27-30-19)14-8-9-17(16(23)11-14)28-10-6-5-7-18(28)22(29)24-12-15-13-31-20(4-2)25-15/h8-9,11,13,18H,3-7,10,12H2,1-2H3,(H,24,29). The van der Waals surface area contributed by atoms with Crippen LogP contribution < -0.4 is 10.2 Å². The molecule has 1 aliphatic heterocycles. The number of hydrogen-bond donors (Lipinski definition) is 1. The molecular weight excluding hydrogens is 417 g/mol. The second-order valence-electron chi connectivity index (χ2n) is 7.54. The average Bonchev–Trinajstić information content (AvgIpc) is 3.47. The number of nitrogens with one attached hydrogen (secondary N) is 1. The summed E-state index contributed by atoms with van der Waals surface area (Å²) in [5, 5.41) is 9.91. The summed E-state index contributed by atoms with van der Waals surface area (Å²) in [4.78, 5) is 23.6. The van der Waals surface area contributed by atoms with Gasteiger partial charge in [-0.05, 0) is 43.9 Å². The molecule has 31 heavy (non-hydrogen) atoms. The largest absolute Gasteiger partial charge is 0.357 e. The normalized spacial score (nSPS) is 16.5. The van der Waals surface area contributed by atoms with Crippen LogP contribution in [0.2, 0.25) is 0 Å². The van der Waals surface area contributed by atoms with Crippen molar-refractivity contribution >= 4 is 22.9 Å². The molecule has 0 spiro atoms. The molecule has 1 aromatic carbocycles. The third-order valence-electron chi connectivity index (χ3n) is 5.44. The molecule has 1 amide bonds. The zero-order valence-corrected chi connectivity index (χ0v) is 18.5. The molecule has 4 rings (SSSR count). The van der Waals surface area contributed by atoms with Crippen LogP contribution in [-0.2, 0) is 24.2 Å². The third-order valence-corrected chi connectivity index (χ3v) is 6.48. The Morgan fingerprint density at radius 3 is 2.87 bits per heavy atom. The lowest BCUT2D eigenvalue weighted by molar-refractivity contribution is -0.123. The van der Waals surface area contributed by atoms with Crippen LogP contribution in [-0.4, -0.2) is 33.6 Å². The lowest BCUT2D eigenvalue weighted by Gasteiger charge is -2.36. The second-order valence-corrected chi connectivity index (χ2v) is 8.48. The number of aryl methyl sites for hydroxylation is 2. The summed E-state index contributed by atoms with van der Waals surface area (Å²) in [6.45, 7) is 4.99. The van der Waals surface area contributed by atoms with Crippen molar-refractivity contribution in [2.24, 2.45) is 0 Å². The Hall–Kier alpha value is -2.81. The van der Waals surface area contributed by atoms with Gasteiger partial charge in [-0.1, -0.05) is 19.0 Å². The molecule has 9 heteroatoms. The molecule has 1 N–H and O–H groups in total. The Bertz CT molecular complexity index is 1050. The summed E-state index contributed by atoms with van der Waals surface area (Å²) < 4.78 is 20.2. The number of nitrogens with zero attached hydrogens (tertiary/aromatic N) is 4. The molecule has 164 valence electrons. The summed E-state index contributed by atoms with van der Waals surface area (Å²) in [6, 6.07) is 4.47. The molecule has 1 atom stereocenters. The maximum atomic E-state index is 15.1. The lowest BCUT2D eigenvalue weighted by atomic mass is 9.99. The van der Waals surface area contributed by atoms with E-state index in [-0.39, 0.29) is 5.91 Å². The minimum atomic E-state index is -0.407. The smallest absolute Gasteiger partial charge is 0.243 e. The number of carbonyl (C=O) groups excluding carboxylic acids is 1. The molecule has 0 radical (unpaired) electrons. The van der Waals surface area contributed by atoms with Gasteiger partial charge in [0.2, 0.25) is 17.6 Å². The Labute approximate surface area is 184 Å². The number of carbonyl (C=O) groups is 1.